The number of hydrogen-bond donors (Lipinski definition) is 2. The van der Waals surface area contributed by atoms with Crippen LogP contribution in [-0.2, 0) is 0 Å². The van der Waals surface area contributed by atoms with Crippen LogP contribution in [0.25, 0.3) is 0 Å². The summed E-state index contributed by atoms with van der Waals surface area (Å²) in [7, 11) is 0. The van der Waals surface area contributed by atoms with Crippen LogP contribution in [0.4, 0.5) is 23.5 Å². The highest BCUT2D eigenvalue weighted by Gasteiger charge is 2.20. The van der Waals surface area contributed by atoms with Gasteiger partial charge in [0.2, 0.25) is 17.8 Å². The van der Waals surface area contributed by atoms with E-state index in [1.165, 1.54) is 37.3 Å². The number of piperidine rings is 2. The first-order valence-electron chi connectivity index (χ1n) is 10.6. The van der Waals surface area contributed by atoms with E-state index in [1.807, 2.05) is 0 Å². The van der Waals surface area contributed by atoms with Gasteiger partial charge in [0.1, 0.15) is 5.75 Å². The molecule has 11 nitrogen and oxygen atoms in total. The molecule has 2 aliphatic heterocycles. The predicted molar refractivity (Wildman–Crippen MR) is 118 cm³/mol. The van der Waals surface area contributed by atoms with Gasteiger partial charge < -0.3 is 14.9 Å². The van der Waals surface area contributed by atoms with Crippen LogP contribution in [0, 0.1) is 10.1 Å². The SMILES string of the molecule is O=[N+]([O-])c1ccc(O)c(C=NNc2nc(N3CCCCC3)nc(N3CCCCC3)n2)c1. The van der Waals surface area contributed by atoms with Crippen molar-refractivity contribution in [1.29, 1.82) is 0 Å². The fourth-order valence-corrected chi connectivity index (χ4v) is 3.79. The standard InChI is InChI=1S/C20H26N8O3/c29-17-8-7-16(28(30)31)13-15(17)14-21-25-18-22-19(26-9-3-1-4-10-26)24-20(23-18)27-11-5-2-6-12-27/h7-8,13-14,29H,1-6,9-12H2,(H,22,23,24,25). The van der Waals surface area contributed by atoms with Crippen LogP contribution in [0.15, 0.2) is 23.3 Å². The largest absolute Gasteiger partial charge is 0.507 e. The molecule has 4 rings (SSSR count). The van der Waals surface area contributed by atoms with Gasteiger partial charge in [-0.2, -0.15) is 20.1 Å². The number of benzene rings is 1. The summed E-state index contributed by atoms with van der Waals surface area (Å²) in [4.78, 5) is 28.6. The van der Waals surface area contributed by atoms with E-state index >= 15 is 0 Å². The summed E-state index contributed by atoms with van der Waals surface area (Å²) in [6.45, 7) is 3.64. The van der Waals surface area contributed by atoms with Gasteiger partial charge in [-0.05, 0) is 44.6 Å². The number of nitrogens with zero attached hydrogens (tertiary/aromatic N) is 7. The van der Waals surface area contributed by atoms with E-state index in [1.54, 1.807) is 0 Å². The molecule has 2 saturated heterocycles. The molecule has 0 bridgehead atoms. The number of nitrogens with one attached hydrogen (secondary N) is 1. The number of phenolic OH excluding ortho intramolecular Hbond substituents is 1. The molecule has 1 aromatic carbocycles. The Kier molecular flexibility index (Phi) is 6.39. The number of hydrazone groups is 1. The normalized spacial score (nSPS) is 17.2. The molecule has 2 N–H and O–H groups in total. The quantitative estimate of drug-likeness (QED) is 0.406. The number of nitro benzene ring substituents is 1. The van der Waals surface area contributed by atoms with Crippen molar-refractivity contribution < 1.29 is 10.0 Å². The van der Waals surface area contributed by atoms with E-state index in [0.29, 0.717) is 17.8 Å². The average molecular weight is 426 g/mol. The maximum absolute atomic E-state index is 11.0. The maximum atomic E-state index is 11.0. The monoisotopic (exact) mass is 426 g/mol. The van der Waals surface area contributed by atoms with Gasteiger partial charge in [0.25, 0.3) is 5.69 Å². The van der Waals surface area contributed by atoms with Gasteiger partial charge >= 0.3 is 0 Å². The second kappa shape index (κ2) is 9.54. The number of aromatic hydroxyl groups is 1. The Labute approximate surface area is 180 Å². The van der Waals surface area contributed by atoms with Gasteiger partial charge in [-0.25, -0.2) is 5.43 Å². The van der Waals surface area contributed by atoms with E-state index < -0.39 is 4.92 Å². The summed E-state index contributed by atoms with van der Waals surface area (Å²) in [5, 5.41) is 25.0. The summed E-state index contributed by atoms with van der Waals surface area (Å²) < 4.78 is 0. The molecule has 0 radical (unpaired) electrons. The molecule has 0 atom stereocenters. The summed E-state index contributed by atoms with van der Waals surface area (Å²) in [6, 6.07) is 3.76. The average Bonchev–Trinajstić information content (AvgIpc) is 2.81. The van der Waals surface area contributed by atoms with Crippen molar-refractivity contribution in [3.05, 3.63) is 33.9 Å². The summed E-state index contributed by atoms with van der Waals surface area (Å²) in [6.07, 6.45) is 8.17. The van der Waals surface area contributed by atoms with Crippen LogP contribution in [0.2, 0.25) is 0 Å². The zero-order chi connectivity index (χ0) is 21.6. The van der Waals surface area contributed by atoms with E-state index in [0.717, 1.165) is 51.9 Å². The second-order valence-electron chi connectivity index (χ2n) is 7.72. The Morgan fingerprint density at radius 3 is 2.10 bits per heavy atom. The smallest absolute Gasteiger partial charge is 0.270 e. The van der Waals surface area contributed by atoms with Crippen molar-refractivity contribution in [3.8, 4) is 5.75 Å². The molecule has 11 heteroatoms. The van der Waals surface area contributed by atoms with Crippen molar-refractivity contribution in [2.24, 2.45) is 5.10 Å². The van der Waals surface area contributed by atoms with Crippen LogP contribution in [0.3, 0.4) is 0 Å². The topological polar surface area (TPSA) is 133 Å². The van der Waals surface area contributed by atoms with Crippen LogP contribution in [0.1, 0.15) is 44.1 Å². The zero-order valence-corrected chi connectivity index (χ0v) is 17.3. The third-order valence-electron chi connectivity index (χ3n) is 5.48. The first kappa shape index (κ1) is 20.8. The van der Waals surface area contributed by atoms with Crippen molar-refractivity contribution in [2.75, 3.05) is 41.4 Å². The highest BCUT2D eigenvalue weighted by molar-refractivity contribution is 5.84. The highest BCUT2D eigenvalue weighted by Crippen LogP contribution is 2.23. The highest BCUT2D eigenvalue weighted by atomic mass is 16.6. The van der Waals surface area contributed by atoms with Crippen LogP contribution < -0.4 is 15.2 Å². The minimum Gasteiger partial charge on any atom is -0.507 e. The minimum absolute atomic E-state index is 0.102. The van der Waals surface area contributed by atoms with E-state index in [-0.39, 0.29) is 17.0 Å². The number of anilines is 3. The molecule has 1 aromatic heterocycles. The third kappa shape index (κ3) is 5.16. The third-order valence-corrected chi connectivity index (χ3v) is 5.48. The van der Waals surface area contributed by atoms with Crippen molar-refractivity contribution in [3.63, 3.8) is 0 Å². The molecular formula is C20H26N8O3. The first-order chi connectivity index (χ1) is 15.1. The van der Waals surface area contributed by atoms with Gasteiger partial charge in [0.15, 0.2) is 0 Å². The Morgan fingerprint density at radius 2 is 1.55 bits per heavy atom. The molecular weight excluding hydrogens is 400 g/mol. The van der Waals surface area contributed by atoms with Gasteiger partial charge in [0.05, 0.1) is 11.1 Å². The number of non-ortho nitro benzene ring substituents is 1. The maximum Gasteiger partial charge on any atom is 0.270 e. The van der Waals surface area contributed by atoms with Crippen LogP contribution in [0.5, 0.6) is 5.75 Å². The van der Waals surface area contributed by atoms with Crippen LogP contribution in [-0.4, -0.2) is 57.4 Å². The lowest BCUT2D eigenvalue weighted by molar-refractivity contribution is -0.384. The molecule has 0 aliphatic carbocycles. The molecule has 0 spiro atoms. The lowest BCUT2D eigenvalue weighted by Crippen LogP contribution is -2.34. The van der Waals surface area contributed by atoms with Gasteiger partial charge in [-0.3, -0.25) is 10.1 Å². The Balaban J connectivity index is 1.57. The van der Waals surface area contributed by atoms with Crippen LogP contribution >= 0.6 is 0 Å². The van der Waals surface area contributed by atoms with Gasteiger partial charge in [-0.15, -0.1) is 0 Å². The second-order valence-corrected chi connectivity index (χ2v) is 7.72. The molecule has 164 valence electrons. The Bertz CT molecular complexity index is 919. The number of aromatic nitrogens is 3. The fourth-order valence-electron chi connectivity index (χ4n) is 3.79. The molecule has 0 unspecified atom stereocenters. The number of nitro groups is 1. The van der Waals surface area contributed by atoms with E-state index in [2.05, 4.69) is 30.3 Å². The van der Waals surface area contributed by atoms with E-state index in [4.69, 9.17) is 4.98 Å². The summed E-state index contributed by atoms with van der Waals surface area (Å²) in [5.41, 5.74) is 2.90. The van der Waals surface area contributed by atoms with Crippen molar-refractivity contribution >= 4 is 29.7 Å². The summed E-state index contributed by atoms with van der Waals surface area (Å²) in [5.74, 6) is 1.46. The van der Waals surface area contributed by atoms with Gasteiger partial charge in [0, 0.05) is 43.9 Å². The molecule has 0 saturated carbocycles. The molecule has 2 fully saturated rings. The lowest BCUT2D eigenvalue weighted by atomic mass is 10.1. The predicted octanol–water partition coefficient (Wildman–Crippen LogP) is 2.91. The number of phenols is 1. The molecule has 2 aromatic rings. The zero-order valence-electron chi connectivity index (χ0n) is 17.3. The molecule has 2 aliphatic rings. The minimum atomic E-state index is -0.522. The molecule has 3 heterocycles. The van der Waals surface area contributed by atoms with Crippen molar-refractivity contribution in [1.82, 2.24) is 15.0 Å². The first-order valence-corrected chi connectivity index (χ1v) is 10.6. The fraction of sp³-hybridized carbons (Fsp3) is 0.500. The van der Waals surface area contributed by atoms with Crippen molar-refractivity contribution in [2.45, 2.75) is 38.5 Å². The number of rotatable bonds is 6. The number of hydrogen-bond acceptors (Lipinski definition) is 10. The summed E-state index contributed by atoms with van der Waals surface area (Å²) >= 11 is 0. The molecule has 31 heavy (non-hydrogen) atoms. The Morgan fingerprint density at radius 1 is 0.968 bits per heavy atom. The Hall–Kier alpha value is -3.50. The molecule has 0 amide bonds. The van der Waals surface area contributed by atoms with Gasteiger partial charge in [-0.1, -0.05) is 0 Å². The lowest BCUT2D eigenvalue weighted by Gasteiger charge is -2.30. The van der Waals surface area contributed by atoms with E-state index in [9.17, 15) is 15.2 Å².